The fraction of sp³-hybridized carbons (Fsp3) is 0.0476. The van der Waals surface area contributed by atoms with Crippen LogP contribution in [0.4, 0.5) is 17.1 Å². The number of hydrogen-bond acceptors (Lipinski definition) is 5. The van der Waals surface area contributed by atoms with E-state index >= 15 is 0 Å². The molecule has 0 bridgehead atoms. The van der Waals surface area contributed by atoms with Crippen molar-refractivity contribution in [3.63, 3.8) is 0 Å². The van der Waals surface area contributed by atoms with Gasteiger partial charge in [-0.2, -0.15) is 0 Å². The third-order valence-electron chi connectivity index (χ3n) is 3.80. The van der Waals surface area contributed by atoms with Crippen LogP contribution in [0, 0.1) is 10.1 Å². The molecule has 0 aliphatic carbocycles. The van der Waals surface area contributed by atoms with E-state index < -0.39 is 4.92 Å². The molecule has 0 spiro atoms. The smallest absolute Gasteiger partial charge is 0.269 e. The van der Waals surface area contributed by atoms with Crippen LogP contribution >= 0.6 is 11.6 Å². The Morgan fingerprint density at radius 3 is 2.48 bits per heavy atom. The molecular formula is C21H16ClN3O4. The second-order valence-electron chi connectivity index (χ2n) is 5.92. The van der Waals surface area contributed by atoms with Crippen LogP contribution in [0.25, 0.3) is 0 Å². The van der Waals surface area contributed by atoms with Gasteiger partial charge in [0.25, 0.3) is 11.6 Å². The minimum Gasteiger partial charge on any atom is -0.482 e. The van der Waals surface area contributed by atoms with Gasteiger partial charge in [0.15, 0.2) is 6.61 Å². The van der Waals surface area contributed by atoms with E-state index in [1.165, 1.54) is 12.1 Å². The van der Waals surface area contributed by atoms with Crippen LogP contribution in [0.15, 0.2) is 77.8 Å². The molecule has 1 N–H and O–H groups in total. The summed E-state index contributed by atoms with van der Waals surface area (Å²) in [4.78, 5) is 26.4. The normalized spacial score (nSPS) is 10.7. The Hall–Kier alpha value is -3.71. The summed E-state index contributed by atoms with van der Waals surface area (Å²) < 4.78 is 5.47. The van der Waals surface area contributed by atoms with E-state index in [0.29, 0.717) is 22.1 Å². The predicted molar refractivity (Wildman–Crippen MR) is 112 cm³/mol. The second kappa shape index (κ2) is 9.48. The zero-order chi connectivity index (χ0) is 20.6. The van der Waals surface area contributed by atoms with Crippen LogP contribution in [-0.2, 0) is 4.79 Å². The molecule has 8 heteroatoms. The summed E-state index contributed by atoms with van der Waals surface area (Å²) in [5.74, 6) is 0.0819. The number of non-ortho nitro benzene ring substituents is 1. The fourth-order valence-corrected chi connectivity index (χ4v) is 2.63. The van der Waals surface area contributed by atoms with Crippen LogP contribution in [-0.4, -0.2) is 23.7 Å². The van der Waals surface area contributed by atoms with Gasteiger partial charge < -0.3 is 10.1 Å². The summed E-state index contributed by atoms with van der Waals surface area (Å²) in [7, 11) is 0. The number of anilines is 1. The number of para-hydroxylation sites is 1. The number of hydrogen-bond donors (Lipinski definition) is 1. The first-order chi connectivity index (χ1) is 14.0. The number of benzene rings is 3. The first-order valence-electron chi connectivity index (χ1n) is 8.57. The maximum Gasteiger partial charge on any atom is 0.269 e. The molecule has 3 aromatic rings. The third kappa shape index (κ3) is 5.88. The molecule has 0 saturated carbocycles. The standard InChI is InChI=1S/C21H16ClN3O4/c22-19-12-15(13-23-16-7-9-18(10-8-16)25(27)28)6-11-20(19)29-14-21(26)24-17-4-2-1-3-5-17/h1-13H,14H2,(H,24,26). The zero-order valence-electron chi connectivity index (χ0n) is 15.1. The molecule has 0 unspecified atom stereocenters. The van der Waals surface area contributed by atoms with Crippen molar-refractivity contribution in [3.05, 3.63) is 93.5 Å². The number of nitro benzene ring substituents is 1. The lowest BCUT2D eigenvalue weighted by Crippen LogP contribution is -2.20. The summed E-state index contributed by atoms with van der Waals surface area (Å²) in [6, 6.07) is 20.0. The van der Waals surface area contributed by atoms with Crippen molar-refractivity contribution in [2.24, 2.45) is 4.99 Å². The molecule has 3 aromatic carbocycles. The van der Waals surface area contributed by atoms with Crippen molar-refractivity contribution in [2.45, 2.75) is 0 Å². The highest BCUT2D eigenvalue weighted by atomic mass is 35.5. The molecule has 0 heterocycles. The Kier molecular flexibility index (Phi) is 6.55. The molecule has 0 radical (unpaired) electrons. The lowest BCUT2D eigenvalue weighted by Gasteiger charge is -2.09. The maximum atomic E-state index is 11.9. The van der Waals surface area contributed by atoms with E-state index in [1.807, 2.05) is 18.2 Å². The molecule has 0 saturated heterocycles. The van der Waals surface area contributed by atoms with Crippen molar-refractivity contribution in [1.82, 2.24) is 0 Å². The Labute approximate surface area is 171 Å². The zero-order valence-corrected chi connectivity index (χ0v) is 15.9. The molecule has 0 atom stereocenters. The minimum atomic E-state index is -0.466. The summed E-state index contributed by atoms with van der Waals surface area (Å²) in [5.41, 5.74) is 1.98. The number of aliphatic imine (C=N–C) groups is 1. The number of nitrogens with zero attached hydrogens (tertiary/aromatic N) is 2. The number of carbonyl (C=O) groups is 1. The number of ether oxygens (including phenoxy) is 1. The van der Waals surface area contributed by atoms with Gasteiger partial charge in [0.05, 0.1) is 15.6 Å². The predicted octanol–water partition coefficient (Wildman–Crippen LogP) is 5.02. The maximum absolute atomic E-state index is 11.9. The van der Waals surface area contributed by atoms with E-state index in [2.05, 4.69) is 10.3 Å². The van der Waals surface area contributed by atoms with Crippen LogP contribution in [0.2, 0.25) is 5.02 Å². The minimum absolute atomic E-state index is 0.00444. The summed E-state index contributed by atoms with van der Waals surface area (Å²) >= 11 is 6.22. The quantitative estimate of drug-likeness (QED) is 0.337. The molecule has 0 aliphatic heterocycles. The van der Waals surface area contributed by atoms with Gasteiger partial charge >= 0.3 is 0 Å². The van der Waals surface area contributed by atoms with Gasteiger partial charge in [0.1, 0.15) is 5.75 Å². The van der Waals surface area contributed by atoms with Crippen molar-refractivity contribution >= 4 is 40.8 Å². The van der Waals surface area contributed by atoms with Crippen molar-refractivity contribution in [1.29, 1.82) is 0 Å². The lowest BCUT2D eigenvalue weighted by atomic mass is 10.2. The first kappa shape index (κ1) is 20.0. The molecule has 0 aromatic heterocycles. The SMILES string of the molecule is O=C(COc1ccc(C=Nc2ccc([N+](=O)[O-])cc2)cc1Cl)Nc1ccccc1. The lowest BCUT2D eigenvalue weighted by molar-refractivity contribution is -0.384. The number of rotatable bonds is 7. The first-order valence-corrected chi connectivity index (χ1v) is 8.95. The van der Waals surface area contributed by atoms with Crippen molar-refractivity contribution in [2.75, 3.05) is 11.9 Å². The molecule has 146 valence electrons. The van der Waals surface area contributed by atoms with Gasteiger partial charge in [-0.1, -0.05) is 29.8 Å². The van der Waals surface area contributed by atoms with Gasteiger partial charge in [-0.05, 0) is 48.0 Å². The van der Waals surface area contributed by atoms with Gasteiger partial charge in [0, 0.05) is 24.0 Å². The Morgan fingerprint density at radius 2 is 1.83 bits per heavy atom. The van der Waals surface area contributed by atoms with E-state index in [4.69, 9.17) is 16.3 Å². The fourth-order valence-electron chi connectivity index (χ4n) is 2.39. The summed E-state index contributed by atoms with van der Waals surface area (Å²) in [6.45, 7) is -0.176. The van der Waals surface area contributed by atoms with Crippen molar-refractivity contribution in [3.8, 4) is 5.75 Å². The van der Waals surface area contributed by atoms with E-state index in [9.17, 15) is 14.9 Å². The van der Waals surface area contributed by atoms with E-state index in [0.717, 1.165) is 5.56 Å². The average molecular weight is 410 g/mol. The van der Waals surface area contributed by atoms with Crippen LogP contribution in [0.3, 0.4) is 0 Å². The highest BCUT2D eigenvalue weighted by Crippen LogP contribution is 2.25. The number of nitro groups is 1. The van der Waals surface area contributed by atoms with Crippen LogP contribution in [0.1, 0.15) is 5.56 Å². The molecule has 29 heavy (non-hydrogen) atoms. The number of nitrogens with one attached hydrogen (secondary N) is 1. The summed E-state index contributed by atoms with van der Waals surface area (Å²) in [5, 5.41) is 13.7. The van der Waals surface area contributed by atoms with Crippen LogP contribution in [0.5, 0.6) is 5.75 Å². The Balaban J connectivity index is 1.58. The number of halogens is 1. The molecule has 7 nitrogen and oxygen atoms in total. The topological polar surface area (TPSA) is 93.8 Å². The molecule has 3 rings (SSSR count). The second-order valence-corrected chi connectivity index (χ2v) is 6.33. The Morgan fingerprint density at radius 1 is 1.10 bits per heavy atom. The van der Waals surface area contributed by atoms with Gasteiger partial charge in [-0.3, -0.25) is 19.9 Å². The average Bonchev–Trinajstić information content (AvgIpc) is 2.72. The number of carbonyl (C=O) groups excluding carboxylic acids is 1. The van der Waals surface area contributed by atoms with Crippen molar-refractivity contribution < 1.29 is 14.5 Å². The Bertz CT molecular complexity index is 1040. The largest absolute Gasteiger partial charge is 0.482 e. The highest BCUT2D eigenvalue weighted by molar-refractivity contribution is 6.32. The third-order valence-corrected chi connectivity index (χ3v) is 4.09. The van der Waals surface area contributed by atoms with Gasteiger partial charge in [-0.25, -0.2) is 0 Å². The van der Waals surface area contributed by atoms with Gasteiger partial charge in [-0.15, -0.1) is 0 Å². The molecular weight excluding hydrogens is 394 g/mol. The molecule has 1 amide bonds. The monoisotopic (exact) mass is 409 g/mol. The molecule has 0 fully saturated rings. The van der Waals surface area contributed by atoms with E-state index in [-0.39, 0.29) is 18.2 Å². The van der Waals surface area contributed by atoms with Crippen LogP contribution < -0.4 is 10.1 Å². The van der Waals surface area contributed by atoms with Gasteiger partial charge in [0.2, 0.25) is 0 Å². The summed E-state index contributed by atoms with van der Waals surface area (Å²) in [6.07, 6.45) is 1.58. The van der Waals surface area contributed by atoms with E-state index in [1.54, 1.807) is 48.7 Å². The molecule has 0 aliphatic rings. The number of amides is 1. The highest BCUT2D eigenvalue weighted by Gasteiger charge is 2.07.